The highest BCUT2D eigenvalue weighted by molar-refractivity contribution is 14.1. The molecule has 0 aliphatic carbocycles. The number of hydrogen-bond donors (Lipinski definition) is 1. The Morgan fingerprint density at radius 2 is 1.74 bits per heavy atom. The minimum absolute atomic E-state index is 0.0727. The van der Waals surface area contributed by atoms with Gasteiger partial charge in [-0.3, -0.25) is 4.55 Å². The van der Waals surface area contributed by atoms with E-state index in [0.717, 1.165) is 18.2 Å². The van der Waals surface area contributed by atoms with Crippen LogP contribution in [0.3, 0.4) is 0 Å². The number of benzene rings is 2. The molecule has 126 valence electrons. The van der Waals surface area contributed by atoms with Crippen LogP contribution in [-0.4, -0.2) is 13.0 Å². The summed E-state index contributed by atoms with van der Waals surface area (Å²) in [6.07, 6.45) is 6.85. The van der Waals surface area contributed by atoms with E-state index in [0.29, 0.717) is 10.9 Å². The van der Waals surface area contributed by atoms with Gasteiger partial charge >= 0.3 is 0 Å². The molecule has 1 unspecified atom stereocenters. The highest BCUT2D eigenvalue weighted by Crippen LogP contribution is 2.37. The minimum Gasteiger partial charge on any atom is -0.282 e. The van der Waals surface area contributed by atoms with Crippen molar-refractivity contribution in [1.29, 1.82) is 0 Å². The highest BCUT2D eigenvalue weighted by atomic mass is 127. The lowest BCUT2D eigenvalue weighted by Crippen LogP contribution is -2.06. The smallest absolute Gasteiger partial charge is 0.282 e. The zero-order valence-electron chi connectivity index (χ0n) is 13.3. The number of alkyl halides is 1. The average Bonchev–Trinajstić information content (AvgIpc) is 2.52. The molecule has 0 aliphatic rings. The fourth-order valence-corrected chi connectivity index (χ4v) is 5.02. The Hall–Kier alpha value is -0.660. The highest BCUT2D eigenvalue weighted by Gasteiger charge is 2.23. The zero-order chi connectivity index (χ0) is 16.9. The molecule has 0 spiro atoms. The molecule has 23 heavy (non-hydrogen) atoms. The third-order valence-electron chi connectivity index (χ3n) is 4.07. The van der Waals surface area contributed by atoms with Gasteiger partial charge in [-0.25, -0.2) is 0 Å². The summed E-state index contributed by atoms with van der Waals surface area (Å²) in [6.45, 7) is 2.19. The summed E-state index contributed by atoms with van der Waals surface area (Å²) in [5.41, 5.74) is 0.710. The summed E-state index contributed by atoms with van der Waals surface area (Å²) in [5, 5.41) is 1.43. The first-order valence-corrected chi connectivity index (χ1v) is 10.8. The van der Waals surface area contributed by atoms with E-state index < -0.39 is 10.1 Å². The predicted molar refractivity (Wildman–Crippen MR) is 104 cm³/mol. The molecule has 0 saturated carbocycles. The summed E-state index contributed by atoms with van der Waals surface area (Å²) in [4.78, 5) is 0.0727. The van der Waals surface area contributed by atoms with Crippen molar-refractivity contribution in [1.82, 2.24) is 0 Å². The van der Waals surface area contributed by atoms with Crippen LogP contribution in [0.15, 0.2) is 41.3 Å². The molecule has 1 atom stereocenters. The monoisotopic (exact) mass is 446 g/mol. The molecule has 0 aromatic heterocycles. The quantitative estimate of drug-likeness (QED) is 0.237. The van der Waals surface area contributed by atoms with Crippen LogP contribution in [0.5, 0.6) is 0 Å². The Morgan fingerprint density at radius 1 is 1.04 bits per heavy atom. The first-order valence-electron chi connectivity index (χ1n) is 8.08. The van der Waals surface area contributed by atoms with Crippen LogP contribution in [0, 0.1) is 0 Å². The molecule has 0 bridgehead atoms. The van der Waals surface area contributed by atoms with E-state index in [2.05, 4.69) is 29.5 Å². The van der Waals surface area contributed by atoms with E-state index in [1.807, 2.05) is 24.3 Å². The summed E-state index contributed by atoms with van der Waals surface area (Å²) in [5.74, 6) is 0. The van der Waals surface area contributed by atoms with Crippen LogP contribution in [-0.2, 0) is 10.1 Å². The van der Waals surface area contributed by atoms with Crippen molar-refractivity contribution < 1.29 is 13.0 Å². The average molecular weight is 446 g/mol. The second kappa shape index (κ2) is 8.44. The second-order valence-corrected chi connectivity index (χ2v) is 8.71. The van der Waals surface area contributed by atoms with Gasteiger partial charge in [0.1, 0.15) is 4.90 Å². The molecule has 1 N–H and O–H groups in total. The molecular weight excluding hydrogens is 423 g/mol. The Morgan fingerprint density at radius 3 is 2.43 bits per heavy atom. The van der Waals surface area contributed by atoms with Gasteiger partial charge in [-0.05, 0) is 17.4 Å². The van der Waals surface area contributed by atoms with Gasteiger partial charge in [0.2, 0.25) is 0 Å². The Bertz CT molecular complexity index is 756. The van der Waals surface area contributed by atoms with Crippen molar-refractivity contribution in [2.24, 2.45) is 0 Å². The van der Waals surface area contributed by atoms with Gasteiger partial charge in [0.05, 0.1) is 0 Å². The van der Waals surface area contributed by atoms with Gasteiger partial charge in [-0.15, -0.1) is 0 Å². The van der Waals surface area contributed by atoms with Gasteiger partial charge < -0.3 is 0 Å². The Labute approximate surface area is 152 Å². The standard InChI is InChI=1S/C18H23IO3S/c1-2-3-4-5-6-11-17(19)16-13-12-14-9-7-8-10-15(14)18(16)23(20,21)22/h7-10,12-13,17H,2-6,11H2,1H3,(H,20,21,22). The van der Waals surface area contributed by atoms with E-state index in [-0.39, 0.29) is 8.82 Å². The SMILES string of the molecule is CCCCCCCC(I)c1ccc2ccccc2c1S(=O)(=O)O. The van der Waals surface area contributed by atoms with Gasteiger partial charge in [0.25, 0.3) is 10.1 Å². The summed E-state index contributed by atoms with van der Waals surface area (Å²) in [6, 6.07) is 11.1. The molecule has 2 rings (SSSR count). The number of unbranched alkanes of at least 4 members (excludes halogenated alkanes) is 4. The lowest BCUT2D eigenvalue weighted by molar-refractivity contribution is 0.483. The number of rotatable bonds is 8. The van der Waals surface area contributed by atoms with Crippen LogP contribution < -0.4 is 0 Å². The lowest BCUT2D eigenvalue weighted by Gasteiger charge is -2.16. The molecule has 0 heterocycles. The van der Waals surface area contributed by atoms with E-state index in [1.54, 1.807) is 12.1 Å². The first kappa shape index (κ1) is 18.7. The zero-order valence-corrected chi connectivity index (χ0v) is 16.3. The van der Waals surface area contributed by atoms with Gasteiger partial charge in [0.15, 0.2) is 0 Å². The van der Waals surface area contributed by atoms with Crippen molar-refractivity contribution in [3.05, 3.63) is 42.0 Å². The molecule has 2 aromatic rings. The largest absolute Gasteiger partial charge is 0.295 e. The van der Waals surface area contributed by atoms with Crippen LogP contribution in [0.2, 0.25) is 0 Å². The van der Waals surface area contributed by atoms with Gasteiger partial charge in [-0.1, -0.05) is 98.0 Å². The molecule has 0 amide bonds. The van der Waals surface area contributed by atoms with Crippen LogP contribution in [0.25, 0.3) is 10.8 Å². The normalized spacial score (nSPS) is 13.3. The van der Waals surface area contributed by atoms with Crippen molar-refractivity contribution in [2.75, 3.05) is 0 Å². The molecule has 0 saturated heterocycles. The van der Waals surface area contributed by atoms with E-state index in [9.17, 15) is 13.0 Å². The second-order valence-electron chi connectivity index (χ2n) is 5.85. The Balaban J connectivity index is 2.29. The maximum absolute atomic E-state index is 11.9. The topological polar surface area (TPSA) is 54.4 Å². The Kier molecular flexibility index (Phi) is 6.85. The van der Waals surface area contributed by atoms with E-state index >= 15 is 0 Å². The lowest BCUT2D eigenvalue weighted by atomic mass is 10.0. The van der Waals surface area contributed by atoms with E-state index in [4.69, 9.17) is 0 Å². The molecule has 0 aliphatic heterocycles. The molecule has 2 aromatic carbocycles. The van der Waals surface area contributed by atoms with Crippen molar-refractivity contribution >= 4 is 43.5 Å². The van der Waals surface area contributed by atoms with Gasteiger partial charge in [0, 0.05) is 9.31 Å². The summed E-state index contributed by atoms with van der Waals surface area (Å²) < 4.78 is 33.7. The van der Waals surface area contributed by atoms with Crippen molar-refractivity contribution in [2.45, 2.75) is 54.3 Å². The molecule has 0 fully saturated rings. The third-order valence-corrected chi connectivity index (χ3v) is 6.33. The van der Waals surface area contributed by atoms with Crippen molar-refractivity contribution in [3.8, 4) is 0 Å². The maximum atomic E-state index is 11.9. The van der Waals surface area contributed by atoms with Crippen LogP contribution >= 0.6 is 22.6 Å². The molecule has 3 nitrogen and oxygen atoms in total. The summed E-state index contributed by atoms with van der Waals surface area (Å²) in [7, 11) is -4.25. The molecular formula is C18H23IO3S. The fourth-order valence-electron chi connectivity index (χ4n) is 2.88. The van der Waals surface area contributed by atoms with Crippen LogP contribution in [0.1, 0.15) is 54.9 Å². The van der Waals surface area contributed by atoms with Crippen LogP contribution in [0.4, 0.5) is 0 Å². The number of fused-ring (bicyclic) bond motifs is 1. The number of halogens is 1. The molecule has 5 heteroatoms. The van der Waals surface area contributed by atoms with Gasteiger partial charge in [-0.2, -0.15) is 8.42 Å². The predicted octanol–water partition coefficient (Wildman–Crippen LogP) is 5.92. The summed E-state index contributed by atoms with van der Waals surface area (Å²) >= 11 is 2.29. The maximum Gasteiger partial charge on any atom is 0.295 e. The first-order chi connectivity index (χ1) is 10.9. The molecule has 0 radical (unpaired) electrons. The van der Waals surface area contributed by atoms with Crippen molar-refractivity contribution in [3.63, 3.8) is 0 Å². The fraction of sp³-hybridized carbons (Fsp3) is 0.444. The number of hydrogen-bond acceptors (Lipinski definition) is 2. The minimum atomic E-state index is -4.25. The third kappa shape index (κ3) is 4.90. The van der Waals surface area contributed by atoms with E-state index in [1.165, 1.54) is 25.7 Å².